The van der Waals surface area contributed by atoms with Crippen molar-refractivity contribution in [2.45, 2.75) is 146 Å². The molecule has 10 amide bonds. The van der Waals surface area contributed by atoms with Gasteiger partial charge in [-0.15, -0.1) is 0 Å². The molecule has 1 unspecified atom stereocenters. The van der Waals surface area contributed by atoms with Gasteiger partial charge in [0.2, 0.25) is 58.9 Å². The minimum Gasteiger partial charge on any atom is -0.391 e. The minimum absolute atomic E-state index is 0.0320. The van der Waals surface area contributed by atoms with E-state index in [0.717, 1.165) is 11.3 Å². The van der Waals surface area contributed by atoms with Crippen LogP contribution in [-0.2, 0) is 59.2 Å². The molecule has 1 aromatic carbocycles. The van der Waals surface area contributed by atoms with Gasteiger partial charge in [-0.1, -0.05) is 50.6 Å². The number of rotatable bonds is 26. The van der Waals surface area contributed by atoms with Crippen LogP contribution in [0, 0.1) is 5.92 Å². The van der Waals surface area contributed by atoms with Crippen molar-refractivity contribution < 1.29 is 57.8 Å². The molecular formula is C43H65N11O12. The van der Waals surface area contributed by atoms with Gasteiger partial charge >= 0.3 is 0 Å². The Balaban J connectivity index is 1.80. The van der Waals surface area contributed by atoms with Crippen molar-refractivity contribution in [3.8, 4) is 0 Å². The number of nitrogens with zero attached hydrogens (tertiary/aromatic N) is 1. The molecule has 0 spiro atoms. The van der Waals surface area contributed by atoms with Gasteiger partial charge < -0.3 is 64.4 Å². The van der Waals surface area contributed by atoms with E-state index in [9.17, 15) is 57.8 Å². The molecule has 0 bridgehead atoms. The highest BCUT2D eigenvalue weighted by Crippen LogP contribution is 2.21. The van der Waals surface area contributed by atoms with E-state index in [1.165, 1.54) is 13.8 Å². The van der Waals surface area contributed by atoms with Crippen LogP contribution in [0.3, 0.4) is 0 Å². The fraction of sp³-hybridized carbons (Fsp3) is 0.605. The van der Waals surface area contributed by atoms with E-state index < -0.39 is 125 Å². The normalized spacial score (nSPS) is 19.3. The summed E-state index contributed by atoms with van der Waals surface area (Å²) in [5.74, 6) is -10.1. The number of aliphatic hydroxyl groups is 1. The maximum absolute atomic E-state index is 14.1. The van der Waals surface area contributed by atoms with Gasteiger partial charge in [0.05, 0.1) is 12.1 Å². The molecular weight excluding hydrogens is 863 g/mol. The number of primary amides is 3. The van der Waals surface area contributed by atoms with Gasteiger partial charge in [-0.2, -0.15) is 0 Å². The van der Waals surface area contributed by atoms with Crippen LogP contribution < -0.4 is 54.4 Å². The second-order valence-electron chi connectivity index (χ2n) is 16.8. The average molecular weight is 928 g/mol. The quantitative estimate of drug-likeness (QED) is 0.0395. The van der Waals surface area contributed by atoms with E-state index in [-0.39, 0.29) is 45.1 Å². The molecule has 14 N–H and O–H groups in total. The summed E-state index contributed by atoms with van der Waals surface area (Å²) >= 11 is 0. The number of ketones is 1. The highest BCUT2D eigenvalue weighted by Gasteiger charge is 2.42. The monoisotopic (exact) mass is 927 g/mol. The first-order valence-corrected chi connectivity index (χ1v) is 22.1. The molecule has 66 heavy (non-hydrogen) atoms. The van der Waals surface area contributed by atoms with Gasteiger partial charge in [0.1, 0.15) is 42.3 Å². The molecule has 2 aliphatic heterocycles. The SMILES string of the molecule is CC[C@H](C)[C@H](NC(=O)[C@@H]1CCCN1C(=O)C(=O)C(Cc1ccccc1)NC(=O)[C@H](C)NC(=O)[C@H](CCC(N)=O)NC(=O)[C@@H]1CCCN1)C(=O)N[C@@H](CCC(N)=O)C(=O)N[C@H](C(N)=O)[C@@H](C)O. The van der Waals surface area contributed by atoms with Crippen molar-refractivity contribution in [1.82, 2.24) is 42.1 Å². The van der Waals surface area contributed by atoms with Crippen molar-refractivity contribution in [2.24, 2.45) is 23.1 Å². The first-order valence-electron chi connectivity index (χ1n) is 22.1. The molecule has 3 rings (SSSR count). The second kappa shape index (κ2) is 25.9. The number of carbonyl (C=O) groups excluding carboxylic acids is 11. The molecule has 2 heterocycles. The number of nitrogens with one attached hydrogen (secondary N) is 7. The maximum Gasteiger partial charge on any atom is 0.292 e. The van der Waals surface area contributed by atoms with Crippen molar-refractivity contribution in [2.75, 3.05) is 13.1 Å². The molecule has 23 nitrogen and oxygen atoms in total. The third kappa shape index (κ3) is 16.2. The third-order valence-electron chi connectivity index (χ3n) is 11.6. The van der Waals surface area contributed by atoms with Gasteiger partial charge in [-0.25, -0.2) is 0 Å². The number of hydrogen-bond acceptors (Lipinski definition) is 13. The molecule has 0 aliphatic carbocycles. The highest BCUT2D eigenvalue weighted by molar-refractivity contribution is 6.39. The van der Waals surface area contributed by atoms with Crippen molar-refractivity contribution in [3.05, 3.63) is 35.9 Å². The predicted octanol–water partition coefficient (Wildman–Crippen LogP) is -4.09. The van der Waals surface area contributed by atoms with Crippen LogP contribution >= 0.6 is 0 Å². The molecule has 0 radical (unpaired) electrons. The Bertz CT molecular complexity index is 1940. The zero-order valence-corrected chi connectivity index (χ0v) is 37.8. The lowest BCUT2D eigenvalue weighted by molar-refractivity contribution is -0.149. The molecule has 0 saturated carbocycles. The molecule has 2 aliphatic rings. The van der Waals surface area contributed by atoms with Gasteiger partial charge in [-0.3, -0.25) is 52.7 Å². The average Bonchev–Trinajstić information content (AvgIpc) is 4.00. The molecule has 2 saturated heterocycles. The van der Waals surface area contributed by atoms with Crippen molar-refractivity contribution >= 4 is 64.9 Å². The van der Waals surface area contributed by atoms with E-state index in [2.05, 4.69) is 37.2 Å². The summed E-state index contributed by atoms with van der Waals surface area (Å²) in [5, 5.41) is 28.0. The maximum atomic E-state index is 14.1. The lowest BCUT2D eigenvalue weighted by Gasteiger charge is -2.30. The van der Waals surface area contributed by atoms with Crippen LogP contribution in [0.25, 0.3) is 0 Å². The second-order valence-corrected chi connectivity index (χ2v) is 16.8. The Morgan fingerprint density at radius 1 is 0.697 bits per heavy atom. The fourth-order valence-corrected chi connectivity index (χ4v) is 7.50. The number of Topliss-reactive ketones (excluding diaryl/α,β-unsaturated/α-hetero) is 1. The number of nitrogens with two attached hydrogens (primary N) is 3. The largest absolute Gasteiger partial charge is 0.391 e. The number of benzene rings is 1. The van der Waals surface area contributed by atoms with E-state index in [1.54, 1.807) is 44.2 Å². The molecule has 10 atom stereocenters. The van der Waals surface area contributed by atoms with Crippen LogP contribution in [0.5, 0.6) is 0 Å². The van der Waals surface area contributed by atoms with E-state index >= 15 is 0 Å². The van der Waals surface area contributed by atoms with Gasteiger partial charge in [-0.05, 0) is 70.4 Å². The number of carbonyl (C=O) groups is 11. The first-order chi connectivity index (χ1) is 31.1. The standard InChI is InChI=1S/C43H65N11O12/c1-5-22(2)33(42(65)50-28(16-18-32(45)57)40(63)53-34(24(4)55)36(46)59)52-41(64)30-14-10-20-54(30)43(66)35(58)29(21-25-11-7-6-8-12-25)51-37(60)23(3)48-39(62)27(15-17-31(44)56)49-38(61)26-13-9-19-47-26/h6-8,11-12,22-24,26-30,33-34,47,55H,5,9-10,13-21H2,1-4H3,(H2,44,56)(H2,45,57)(H2,46,59)(H,48,62)(H,49,61)(H,50,65)(H,51,60)(H,52,64)(H,53,63)/t22-,23-,24+,26-,27-,28-,29?,30-,33-,34-/m0/s1. The zero-order valence-electron chi connectivity index (χ0n) is 37.8. The summed E-state index contributed by atoms with van der Waals surface area (Å²) in [7, 11) is 0. The minimum atomic E-state index is -1.54. The summed E-state index contributed by atoms with van der Waals surface area (Å²) < 4.78 is 0. The van der Waals surface area contributed by atoms with Gasteiger partial charge in [0.15, 0.2) is 0 Å². The van der Waals surface area contributed by atoms with Crippen LogP contribution in [0.1, 0.15) is 91.0 Å². The van der Waals surface area contributed by atoms with E-state index in [4.69, 9.17) is 17.2 Å². The number of amides is 10. The summed E-state index contributed by atoms with van der Waals surface area (Å²) in [6.45, 7) is 6.50. The Labute approximate surface area is 382 Å². The molecule has 0 aromatic heterocycles. The summed E-state index contributed by atoms with van der Waals surface area (Å²) in [5.41, 5.74) is 16.5. The Kier molecular flexibility index (Phi) is 21.1. The molecule has 23 heteroatoms. The lowest BCUT2D eigenvalue weighted by Crippen LogP contribution is -2.61. The highest BCUT2D eigenvalue weighted by atomic mass is 16.3. The molecule has 1 aromatic rings. The van der Waals surface area contributed by atoms with E-state index in [0.29, 0.717) is 31.4 Å². The molecule has 2 fully saturated rings. The summed E-state index contributed by atoms with van der Waals surface area (Å²) in [6.07, 6.45) is -0.606. The third-order valence-corrected chi connectivity index (χ3v) is 11.6. The number of aliphatic hydroxyl groups excluding tert-OH is 1. The van der Waals surface area contributed by atoms with Crippen LogP contribution in [0.2, 0.25) is 0 Å². The Hall–Kier alpha value is -6.49. The van der Waals surface area contributed by atoms with Crippen LogP contribution in [0.4, 0.5) is 0 Å². The smallest absolute Gasteiger partial charge is 0.292 e. The van der Waals surface area contributed by atoms with Gasteiger partial charge in [0, 0.05) is 25.8 Å². The van der Waals surface area contributed by atoms with Crippen LogP contribution in [0.15, 0.2) is 30.3 Å². The topological polar surface area (TPSA) is 374 Å². The number of likely N-dealkylation sites (tertiary alicyclic amines) is 1. The van der Waals surface area contributed by atoms with E-state index in [1.807, 2.05) is 0 Å². The number of hydrogen-bond donors (Lipinski definition) is 11. The zero-order chi connectivity index (χ0) is 49.2. The van der Waals surface area contributed by atoms with Crippen molar-refractivity contribution in [3.63, 3.8) is 0 Å². The first kappa shape index (κ1) is 53.8. The Morgan fingerprint density at radius 2 is 1.29 bits per heavy atom. The summed E-state index contributed by atoms with van der Waals surface area (Å²) in [4.78, 5) is 145. The summed E-state index contributed by atoms with van der Waals surface area (Å²) in [6, 6.07) is -1.67. The van der Waals surface area contributed by atoms with Gasteiger partial charge in [0.25, 0.3) is 5.91 Å². The van der Waals surface area contributed by atoms with Crippen LogP contribution in [-0.4, -0.2) is 142 Å². The Morgan fingerprint density at radius 3 is 1.83 bits per heavy atom. The predicted molar refractivity (Wildman–Crippen MR) is 235 cm³/mol. The fourth-order valence-electron chi connectivity index (χ4n) is 7.50. The molecule has 364 valence electrons. The van der Waals surface area contributed by atoms with Crippen molar-refractivity contribution in [1.29, 1.82) is 0 Å². The lowest BCUT2D eigenvalue weighted by atomic mass is 9.96.